The van der Waals surface area contributed by atoms with Crippen LogP contribution >= 0.6 is 0 Å². The van der Waals surface area contributed by atoms with Gasteiger partial charge in [0, 0.05) is 42.1 Å². The third-order valence-electron chi connectivity index (χ3n) is 2.60. The molecule has 0 aliphatic carbocycles. The highest BCUT2D eigenvalue weighted by Gasteiger charge is 2.16. The average molecular weight is 252 g/mol. The average Bonchev–Trinajstić information content (AvgIpc) is 2.33. The maximum Gasteiger partial charge on any atom is 0.123 e. The van der Waals surface area contributed by atoms with Gasteiger partial charge in [0.2, 0.25) is 0 Å². The Morgan fingerprint density at radius 1 is 1.33 bits per heavy atom. The summed E-state index contributed by atoms with van der Waals surface area (Å²) >= 11 is 0. The molecule has 4 N–H and O–H groups in total. The topological polar surface area (TPSA) is 67.5 Å². The van der Waals surface area contributed by atoms with E-state index in [1.807, 2.05) is 32.0 Å². The van der Waals surface area contributed by atoms with Gasteiger partial charge in [0.25, 0.3) is 0 Å². The number of benzene rings is 1. The summed E-state index contributed by atoms with van der Waals surface area (Å²) in [6.45, 7) is 7.57. The largest absolute Gasteiger partial charge is 0.493 e. The Labute approximate surface area is 109 Å². The van der Waals surface area contributed by atoms with Crippen molar-refractivity contribution in [1.82, 2.24) is 0 Å². The predicted octanol–water partition coefficient (Wildman–Crippen LogP) is 2.49. The first-order valence-corrected chi connectivity index (χ1v) is 6.35. The molecule has 18 heavy (non-hydrogen) atoms. The summed E-state index contributed by atoms with van der Waals surface area (Å²) in [7, 11) is 0. The van der Waals surface area contributed by atoms with Crippen molar-refractivity contribution in [1.29, 1.82) is 0 Å². The minimum absolute atomic E-state index is 0.140. The van der Waals surface area contributed by atoms with E-state index in [1.165, 1.54) is 0 Å². The van der Waals surface area contributed by atoms with Gasteiger partial charge in [-0.2, -0.15) is 0 Å². The standard InChI is InChI=1S/C14H24N2O2/c1-4-5-18-13-7-11(15)6-12(8-13)16-9-14(2,3)10-17/h6-8,16-17H,4-5,9-10,15H2,1-3H3. The zero-order chi connectivity index (χ0) is 13.6. The summed E-state index contributed by atoms with van der Waals surface area (Å²) in [5.74, 6) is 0.779. The second-order valence-electron chi connectivity index (χ2n) is 5.32. The molecule has 0 atom stereocenters. The normalized spacial score (nSPS) is 11.3. The number of hydrogen-bond donors (Lipinski definition) is 3. The molecule has 0 radical (unpaired) electrons. The lowest BCUT2D eigenvalue weighted by Gasteiger charge is -2.23. The highest BCUT2D eigenvalue weighted by molar-refractivity contribution is 5.59. The van der Waals surface area contributed by atoms with Crippen LogP contribution in [0.1, 0.15) is 27.2 Å². The molecular weight excluding hydrogens is 228 g/mol. The smallest absolute Gasteiger partial charge is 0.123 e. The van der Waals surface area contributed by atoms with Gasteiger partial charge in [0.15, 0.2) is 0 Å². The van der Waals surface area contributed by atoms with Crippen molar-refractivity contribution in [3.8, 4) is 5.75 Å². The summed E-state index contributed by atoms with van der Waals surface area (Å²) in [4.78, 5) is 0. The van der Waals surface area contributed by atoms with Gasteiger partial charge in [-0.3, -0.25) is 0 Å². The van der Waals surface area contributed by atoms with E-state index in [9.17, 15) is 5.11 Å². The number of nitrogens with two attached hydrogens (primary N) is 1. The van der Waals surface area contributed by atoms with Gasteiger partial charge < -0.3 is 20.9 Å². The lowest BCUT2D eigenvalue weighted by Crippen LogP contribution is -2.26. The minimum Gasteiger partial charge on any atom is -0.493 e. The number of nitrogens with one attached hydrogen (secondary N) is 1. The van der Waals surface area contributed by atoms with Crippen molar-refractivity contribution in [2.24, 2.45) is 5.41 Å². The second kappa shape index (κ2) is 6.50. The van der Waals surface area contributed by atoms with Crippen molar-refractivity contribution in [2.45, 2.75) is 27.2 Å². The molecule has 0 bridgehead atoms. The molecule has 1 aromatic rings. The zero-order valence-electron chi connectivity index (χ0n) is 11.5. The number of anilines is 2. The Morgan fingerprint density at radius 2 is 2.06 bits per heavy atom. The van der Waals surface area contributed by atoms with Crippen molar-refractivity contribution >= 4 is 11.4 Å². The van der Waals surface area contributed by atoms with E-state index >= 15 is 0 Å². The van der Waals surface area contributed by atoms with Crippen LogP contribution in [0.5, 0.6) is 5.75 Å². The number of aliphatic hydroxyl groups is 1. The van der Waals surface area contributed by atoms with Crippen LogP contribution in [0.2, 0.25) is 0 Å². The van der Waals surface area contributed by atoms with E-state index in [-0.39, 0.29) is 12.0 Å². The first-order valence-electron chi connectivity index (χ1n) is 6.35. The van der Waals surface area contributed by atoms with E-state index in [0.717, 1.165) is 17.9 Å². The predicted molar refractivity (Wildman–Crippen MR) is 76.0 cm³/mol. The Bertz CT molecular complexity index is 378. The van der Waals surface area contributed by atoms with Crippen LogP contribution in [-0.4, -0.2) is 24.9 Å². The van der Waals surface area contributed by atoms with E-state index < -0.39 is 0 Å². The van der Waals surface area contributed by atoms with Crippen LogP contribution < -0.4 is 15.8 Å². The minimum atomic E-state index is -0.158. The number of aliphatic hydroxyl groups excluding tert-OH is 1. The number of hydrogen-bond acceptors (Lipinski definition) is 4. The Balaban J connectivity index is 2.68. The molecule has 0 saturated carbocycles. The van der Waals surface area contributed by atoms with Gasteiger partial charge in [0.1, 0.15) is 5.75 Å². The first kappa shape index (κ1) is 14.6. The van der Waals surface area contributed by atoms with Gasteiger partial charge in [-0.15, -0.1) is 0 Å². The van der Waals surface area contributed by atoms with Crippen LogP contribution in [0.15, 0.2) is 18.2 Å². The van der Waals surface area contributed by atoms with E-state index in [4.69, 9.17) is 10.5 Å². The SMILES string of the molecule is CCCOc1cc(N)cc(NCC(C)(C)CO)c1. The van der Waals surface area contributed by atoms with E-state index in [2.05, 4.69) is 12.2 Å². The van der Waals surface area contributed by atoms with Gasteiger partial charge in [0.05, 0.1) is 6.61 Å². The molecule has 4 heteroatoms. The van der Waals surface area contributed by atoms with Crippen molar-refractivity contribution in [3.05, 3.63) is 18.2 Å². The third kappa shape index (κ3) is 4.84. The summed E-state index contributed by atoms with van der Waals surface area (Å²) in [6.07, 6.45) is 0.967. The monoisotopic (exact) mass is 252 g/mol. The molecule has 0 saturated heterocycles. The second-order valence-corrected chi connectivity index (χ2v) is 5.32. The molecule has 102 valence electrons. The van der Waals surface area contributed by atoms with Crippen molar-refractivity contribution < 1.29 is 9.84 Å². The van der Waals surface area contributed by atoms with Crippen molar-refractivity contribution in [2.75, 3.05) is 30.8 Å². The maximum atomic E-state index is 9.21. The first-order chi connectivity index (χ1) is 8.46. The molecule has 0 amide bonds. The molecular formula is C14H24N2O2. The molecule has 0 heterocycles. The summed E-state index contributed by atoms with van der Waals surface area (Å²) in [5, 5.41) is 12.5. The number of rotatable bonds is 7. The summed E-state index contributed by atoms with van der Waals surface area (Å²) < 4.78 is 5.57. The molecule has 1 aromatic carbocycles. The molecule has 0 unspecified atom stereocenters. The molecule has 0 fully saturated rings. The van der Waals surface area contributed by atoms with Crippen molar-refractivity contribution in [3.63, 3.8) is 0 Å². The zero-order valence-corrected chi connectivity index (χ0v) is 11.5. The number of nitrogen functional groups attached to an aromatic ring is 1. The lowest BCUT2D eigenvalue weighted by atomic mass is 9.95. The fourth-order valence-corrected chi connectivity index (χ4v) is 1.42. The third-order valence-corrected chi connectivity index (χ3v) is 2.60. The maximum absolute atomic E-state index is 9.21. The van der Waals surface area contributed by atoms with Gasteiger partial charge in [-0.1, -0.05) is 20.8 Å². The highest BCUT2D eigenvalue weighted by Crippen LogP contribution is 2.24. The Morgan fingerprint density at radius 3 is 2.67 bits per heavy atom. The van der Waals surface area contributed by atoms with Crippen LogP contribution in [-0.2, 0) is 0 Å². The van der Waals surface area contributed by atoms with Gasteiger partial charge >= 0.3 is 0 Å². The number of ether oxygens (including phenoxy) is 1. The van der Waals surface area contributed by atoms with Crippen LogP contribution in [0.25, 0.3) is 0 Å². The van der Waals surface area contributed by atoms with Crippen LogP contribution in [0.4, 0.5) is 11.4 Å². The van der Waals surface area contributed by atoms with E-state index in [1.54, 1.807) is 0 Å². The molecule has 0 aliphatic heterocycles. The fraction of sp³-hybridized carbons (Fsp3) is 0.571. The molecule has 0 aromatic heterocycles. The quantitative estimate of drug-likeness (QED) is 0.652. The molecule has 1 rings (SSSR count). The van der Waals surface area contributed by atoms with Crippen LogP contribution in [0.3, 0.4) is 0 Å². The molecule has 4 nitrogen and oxygen atoms in total. The lowest BCUT2D eigenvalue weighted by molar-refractivity contribution is 0.171. The summed E-state index contributed by atoms with van der Waals surface area (Å²) in [6, 6.07) is 5.61. The summed E-state index contributed by atoms with van der Waals surface area (Å²) in [5.41, 5.74) is 7.27. The Hall–Kier alpha value is -1.42. The van der Waals surface area contributed by atoms with Crippen LogP contribution in [0, 0.1) is 5.41 Å². The van der Waals surface area contributed by atoms with Gasteiger partial charge in [-0.25, -0.2) is 0 Å². The molecule has 0 aliphatic rings. The highest BCUT2D eigenvalue weighted by atomic mass is 16.5. The Kier molecular flexibility index (Phi) is 5.28. The molecule has 0 spiro atoms. The van der Waals surface area contributed by atoms with E-state index in [0.29, 0.717) is 18.8 Å². The fourth-order valence-electron chi connectivity index (χ4n) is 1.42. The van der Waals surface area contributed by atoms with Gasteiger partial charge in [-0.05, 0) is 12.5 Å².